The van der Waals surface area contributed by atoms with Crippen molar-refractivity contribution in [1.82, 2.24) is 0 Å². The van der Waals surface area contributed by atoms with E-state index in [4.69, 9.17) is 29.5 Å². The SMILES string of the molecule is C#CC(C[C@]1(O[Si](C)(C)C)C(C)C=C[C@@H](C(=C)C)[C@@H]1COCOCc1ccc(OC)cc1)O[Si](C)(C)C(C)(C)C. The minimum atomic E-state index is -2.10. The van der Waals surface area contributed by atoms with E-state index in [0.29, 0.717) is 19.6 Å². The Hall–Kier alpha value is -1.67. The van der Waals surface area contributed by atoms with E-state index in [1.165, 1.54) is 0 Å². The molecule has 0 saturated heterocycles. The van der Waals surface area contributed by atoms with Crippen LogP contribution in [0, 0.1) is 30.1 Å². The lowest BCUT2D eigenvalue weighted by molar-refractivity contribution is -0.129. The second kappa shape index (κ2) is 14.0. The summed E-state index contributed by atoms with van der Waals surface area (Å²) in [7, 11) is -2.46. The first-order chi connectivity index (χ1) is 18.5. The summed E-state index contributed by atoms with van der Waals surface area (Å²) in [5.41, 5.74) is 1.59. The van der Waals surface area contributed by atoms with E-state index >= 15 is 0 Å². The van der Waals surface area contributed by atoms with Crippen molar-refractivity contribution in [2.24, 2.45) is 17.8 Å². The van der Waals surface area contributed by atoms with Crippen molar-refractivity contribution in [2.75, 3.05) is 20.5 Å². The normalized spacial score (nSPS) is 24.4. The van der Waals surface area contributed by atoms with Gasteiger partial charge in [0.15, 0.2) is 16.6 Å². The van der Waals surface area contributed by atoms with Crippen molar-refractivity contribution in [2.45, 2.75) is 97.1 Å². The first-order valence-corrected chi connectivity index (χ1v) is 20.7. The molecule has 0 bridgehead atoms. The van der Waals surface area contributed by atoms with Gasteiger partial charge in [-0.3, -0.25) is 0 Å². The molecule has 40 heavy (non-hydrogen) atoms. The highest BCUT2D eigenvalue weighted by Crippen LogP contribution is 2.48. The monoisotopic (exact) mass is 586 g/mol. The smallest absolute Gasteiger partial charge is 0.193 e. The molecule has 0 saturated carbocycles. The zero-order valence-corrected chi connectivity index (χ0v) is 28.9. The molecule has 0 spiro atoms. The molecule has 1 aromatic rings. The van der Waals surface area contributed by atoms with Crippen LogP contribution in [0.4, 0.5) is 0 Å². The summed E-state index contributed by atoms with van der Waals surface area (Å²) in [5.74, 6) is 4.07. The van der Waals surface area contributed by atoms with Gasteiger partial charge in [-0.1, -0.05) is 70.1 Å². The predicted molar refractivity (Wildman–Crippen MR) is 171 cm³/mol. The largest absolute Gasteiger partial charge is 0.497 e. The van der Waals surface area contributed by atoms with Gasteiger partial charge in [0, 0.05) is 24.2 Å². The van der Waals surface area contributed by atoms with Crippen molar-refractivity contribution < 1.29 is 23.1 Å². The molecule has 224 valence electrons. The van der Waals surface area contributed by atoms with Crippen LogP contribution in [0.25, 0.3) is 0 Å². The molecule has 1 aliphatic rings. The third kappa shape index (κ3) is 9.17. The minimum Gasteiger partial charge on any atom is -0.497 e. The van der Waals surface area contributed by atoms with E-state index in [1.807, 2.05) is 24.3 Å². The third-order valence-corrected chi connectivity index (χ3v) is 13.8. The van der Waals surface area contributed by atoms with E-state index < -0.39 is 22.2 Å². The molecule has 5 atom stereocenters. The molecule has 1 aliphatic carbocycles. The molecular formula is C33H54O5Si2. The number of rotatable bonds is 14. The van der Waals surface area contributed by atoms with Crippen LogP contribution >= 0.6 is 0 Å². The fraction of sp³-hybridized carbons (Fsp3) is 0.636. The molecule has 2 unspecified atom stereocenters. The Labute approximate surface area is 246 Å². The van der Waals surface area contributed by atoms with Gasteiger partial charge in [-0.15, -0.1) is 6.42 Å². The van der Waals surface area contributed by atoms with Crippen molar-refractivity contribution in [3.63, 3.8) is 0 Å². The van der Waals surface area contributed by atoms with Gasteiger partial charge in [-0.25, -0.2) is 0 Å². The van der Waals surface area contributed by atoms with E-state index in [0.717, 1.165) is 16.9 Å². The average Bonchev–Trinajstić information content (AvgIpc) is 2.84. The van der Waals surface area contributed by atoms with Crippen molar-refractivity contribution in [1.29, 1.82) is 0 Å². The second-order valence-corrected chi connectivity index (χ2v) is 22.9. The highest BCUT2D eigenvalue weighted by atomic mass is 28.4. The summed E-state index contributed by atoms with van der Waals surface area (Å²) in [6.45, 7) is 27.7. The number of benzene rings is 1. The summed E-state index contributed by atoms with van der Waals surface area (Å²) in [5, 5.41) is 0.0525. The molecule has 2 rings (SSSR count). The number of hydrogen-bond acceptors (Lipinski definition) is 5. The fourth-order valence-corrected chi connectivity index (χ4v) is 7.94. The topological polar surface area (TPSA) is 46.2 Å². The summed E-state index contributed by atoms with van der Waals surface area (Å²) in [4.78, 5) is 0. The van der Waals surface area contributed by atoms with Gasteiger partial charge in [-0.2, -0.15) is 0 Å². The van der Waals surface area contributed by atoms with Crippen LogP contribution in [0.5, 0.6) is 5.75 Å². The zero-order chi connectivity index (χ0) is 30.4. The van der Waals surface area contributed by atoms with Crippen LogP contribution in [0.2, 0.25) is 37.8 Å². The molecule has 0 aromatic heterocycles. The lowest BCUT2D eigenvalue weighted by atomic mass is 9.64. The third-order valence-electron chi connectivity index (χ3n) is 8.33. The van der Waals surface area contributed by atoms with Gasteiger partial charge in [0.1, 0.15) is 18.6 Å². The number of ether oxygens (including phenoxy) is 3. The maximum atomic E-state index is 7.21. The maximum Gasteiger partial charge on any atom is 0.193 e. The van der Waals surface area contributed by atoms with Crippen LogP contribution < -0.4 is 4.74 Å². The van der Waals surface area contributed by atoms with Gasteiger partial charge in [0.25, 0.3) is 0 Å². The van der Waals surface area contributed by atoms with Gasteiger partial charge in [0.05, 0.1) is 25.9 Å². The van der Waals surface area contributed by atoms with Crippen molar-refractivity contribution >= 4 is 16.6 Å². The fourth-order valence-electron chi connectivity index (χ4n) is 5.17. The molecule has 0 fully saturated rings. The van der Waals surface area contributed by atoms with Crippen LogP contribution in [-0.2, 0) is 24.9 Å². The molecule has 7 heteroatoms. The molecule has 0 N–H and O–H groups in total. The summed E-state index contributed by atoms with van der Waals surface area (Å²) in [6.07, 6.45) is 11.0. The van der Waals surface area contributed by atoms with Gasteiger partial charge < -0.3 is 23.1 Å². The standard InChI is InChI=1S/C33H54O5Si2/c1-14-28(37-40(12,13)32(5,6)7)21-33(38-39(9,10)11)26(4)15-20-30(25(2)3)31(33)23-36-24-35-22-27-16-18-29(34-8)19-17-27/h1,15-20,26,28,30-31H,2,21-24H2,3-13H3/t26?,28?,30-,31-,33-/m0/s1. The molecule has 0 heterocycles. The van der Waals surface area contributed by atoms with Crippen LogP contribution in [0.1, 0.15) is 46.6 Å². The maximum absolute atomic E-state index is 7.21. The van der Waals surface area contributed by atoms with Crippen LogP contribution in [-0.4, -0.2) is 48.8 Å². The summed E-state index contributed by atoms with van der Waals surface area (Å²) in [6, 6.07) is 7.86. The zero-order valence-electron chi connectivity index (χ0n) is 26.9. The first kappa shape index (κ1) is 34.5. The Morgan fingerprint density at radius 2 is 1.70 bits per heavy atom. The van der Waals surface area contributed by atoms with E-state index in [1.54, 1.807) is 7.11 Å². The average molecular weight is 587 g/mol. The summed E-state index contributed by atoms with van der Waals surface area (Å²) < 4.78 is 31.4. The Morgan fingerprint density at radius 1 is 1.07 bits per heavy atom. The van der Waals surface area contributed by atoms with E-state index in [9.17, 15) is 0 Å². The quantitative estimate of drug-likeness (QED) is 0.0723. The lowest BCUT2D eigenvalue weighted by Gasteiger charge is -2.53. The highest BCUT2D eigenvalue weighted by molar-refractivity contribution is 6.74. The molecular weight excluding hydrogens is 533 g/mol. The highest BCUT2D eigenvalue weighted by Gasteiger charge is 2.53. The minimum absolute atomic E-state index is 0.0141. The molecule has 0 amide bonds. The summed E-state index contributed by atoms with van der Waals surface area (Å²) >= 11 is 0. The number of terminal acetylenes is 1. The van der Waals surface area contributed by atoms with Crippen LogP contribution in [0.3, 0.4) is 0 Å². The van der Waals surface area contributed by atoms with E-state index in [2.05, 4.69) is 92.0 Å². The van der Waals surface area contributed by atoms with Crippen LogP contribution in [0.15, 0.2) is 48.6 Å². The van der Waals surface area contributed by atoms with Gasteiger partial charge >= 0.3 is 0 Å². The van der Waals surface area contributed by atoms with Gasteiger partial charge in [-0.05, 0) is 62.4 Å². The van der Waals surface area contributed by atoms with Crippen molar-refractivity contribution in [3.8, 4) is 18.1 Å². The predicted octanol–water partition coefficient (Wildman–Crippen LogP) is 8.20. The van der Waals surface area contributed by atoms with E-state index in [-0.39, 0.29) is 35.7 Å². The Kier molecular flexibility index (Phi) is 12.1. The first-order valence-electron chi connectivity index (χ1n) is 14.4. The molecule has 0 aliphatic heterocycles. The molecule has 1 aromatic carbocycles. The molecule has 0 radical (unpaired) electrons. The van der Waals surface area contributed by atoms with Gasteiger partial charge in [0.2, 0.25) is 0 Å². The molecule has 5 nitrogen and oxygen atoms in total. The Morgan fingerprint density at radius 3 is 2.20 bits per heavy atom. The number of methoxy groups -OCH3 is 1. The Balaban J connectivity index is 2.32. The second-order valence-electron chi connectivity index (χ2n) is 13.7. The number of hydrogen-bond donors (Lipinski definition) is 0. The lowest BCUT2D eigenvalue weighted by Crippen LogP contribution is -2.59. The van der Waals surface area contributed by atoms with Crippen molar-refractivity contribution in [3.05, 3.63) is 54.1 Å². The number of allylic oxidation sites excluding steroid dienone is 2. The Bertz CT molecular complexity index is 1030.